The highest BCUT2D eigenvalue weighted by molar-refractivity contribution is 7.20. The molecule has 2 aromatic carbocycles. The van der Waals surface area contributed by atoms with Crippen LogP contribution >= 0.6 is 11.3 Å². The van der Waals surface area contributed by atoms with Crippen LogP contribution in [0, 0.1) is 34.9 Å². The summed E-state index contributed by atoms with van der Waals surface area (Å²) in [4.78, 5) is 77.8. The third kappa shape index (κ3) is 6.16. The van der Waals surface area contributed by atoms with E-state index in [0.717, 1.165) is 4.70 Å². The van der Waals surface area contributed by atoms with Gasteiger partial charge in [0.15, 0.2) is 5.01 Å². The molecule has 11 nitrogen and oxygen atoms in total. The first kappa shape index (κ1) is 33.8. The Morgan fingerprint density at radius 1 is 1.08 bits per heavy atom. The SMILES string of the molecule is CC(C)C[C@H](NC(=O)c1cc2c(F)cccc2[nH]1)C(=O)N1C[C@H]2[C@@H]([C@H]1C(=O)N[C@@H](C[C@@H]1CCNC1=O)C(=O)c1nc3ccccc3s1)C2(C)C. The standard InChI is InChI=1S/C37H41FN6O5S/c1-18(2)14-27(42-33(47)26-16-20-22(38)8-7-10-23(20)40-26)36(49)44-17-21-29(37(21,3)4)30(44)34(48)41-25(15-19-12-13-39-32(19)46)31(45)35-43-24-9-5-6-11-28(24)50-35/h5-11,16,18-19,21,25,27,29-30,40H,12-15,17H2,1-4H3,(H,39,46)(H,41,48)(H,42,47)/t19-,21-,25-,27-,29-,30-/m0/s1. The molecule has 2 aliphatic heterocycles. The Bertz CT molecular complexity index is 1990. The zero-order chi connectivity index (χ0) is 35.5. The first-order chi connectivity index (χ1) is 23.8. The molecule has 4 amide bonds. The summed E-state index contributed by atoms with van der Waals surface area (Å²) in [6.07, 6.45) is 0.976. The molecule has 3 aliphatic rings. The van der Waals surface area contributed by atoms with Crippen molar-refractivity contribution in [1.29, 1.82) is 0 Å². The minimum Gasteiger partial charge on any atom is -0.356 e. The number of ketones is 1. The molecular weight excluding hydrogens is 660 g/mol. The minimum absolute atomic E-state index is 0.0265. The van der Waals surface area contributed by atoms with Crippen molar-refractivity contribution in [2.45, 2.75) is 65.1 Å². The summed E-state index contributed by atoms with van der Waals surface area (Å²) in [7, 11) is 0. The number of benzene rings is 2. The molecule has 4 aromatic rings. The van der Waals surface area contributed by atoms with Crippen LogP contribution in [0.1, 0.15) is 67.2 Å². The van der Waals surface area contributed by atoms with E-state index < -0.39 is 41.7 Å². The molecule has 0 unspecified atom stereocenters. The zero-order valence-electron chi connectivity index (χ0n) is 28.4. The quantitative estimate of drug-likeness (QED) is 0.170. The summed E-state index contributed by atoms with van der Waals surface area (Å²) >= 11 is 1.24. The van der Waals surface area contributed by atoms with Crippen molar-refractivity contribution in [1.82, 2.24) is 30.8 Å². The Morgan fingerprint density at radius 2 is 1.86 bits per heavy atom. The van der Waals surface area contributed by atoms with Crippen LogP contribution in [-0.2, 0) is 14.4 Å². The lowest BCUT2D eigenvalue weighted by Crippen LogP contribution is -2.58. The molecular formula is C37H41FN6O5S. The number of carbonyl (C=O) groups is 5. The van der Waals surface area contributed by atoms with Gasteiger partial charge in [-0.3, -0.25) is 24.0 Å². The fourth-order valence-corrected chi connectivity index (χ4v) is 8.91. The number of aromatic amines is 1. The third-order valence-corrected chi connectivity index (χ3v) is 11.8. The van der Waals surface area contributed by atoms with Crippen molar-refractivity contribution in [2.24, 2.45) is 29.1 Å². The van der Waals surface area contributed by atoms with Crippen molar-refractivity contribution < 1.29 is 28.4 Å². The maximum Gasteiger partial charge on any atom is 0.268 e. The van der Waals surface area contributed by atoms with Crippen LogP contribution in [0.2, 0.25) is 0 Å². The van der Waals surface area contributed by atoms with Gasteiger partial charge in [0.1, 0.15) is 23.6 Å². The van der Waals surface area contributed by atoms with Gasteiger partial charge < -0.3 is 25.8 Å². The number of Topliss-reactive ketones (excluding diaryl/α,β-unsaturated/α-hetero) is 1. The van der Waals surface area contributed by atoms with E-state index in [9.17, 15) is 28.4 Å². The van der Waals surface area contributed by atoms with E-state index in [0.29, 0.717) is 37.0 Å². The molecule has 3 fully saturated rings. The normalized spacial score (nSPS) is 23.5. The monoisotopic (exact) mass is 700 g/mol. The summed E-state index contributed by atoms with van der Waals surface area (Å²) < 4.78 is 15.2. The minimum atomic E-state index is -1.02. The predicted octanol–water partition coefficient (Wildman–Crippen LogP) is 4.44. The average Bonchev–Trinajstić information content (AvgIpc) is 3.73. The van der Waals surface area contributed by atoms with Crippen LogP contribution in [0.3, 0.4) is 0 Å². The van der Waals surface area contributed by atoms with E-state index >= 15 is 0 Å². The number of thiazole rings is 1. The number of likely N-dealkylation sites (tertiary alicyclic amines) is 1. The van der Waals surface area contributed by atoms with E-state index in [1.807, 2.05) is 38.1 Å². The number of rotatable bonds is 11. The lowest BCUT2D eigenvalue weighted by atomic mass is 9.94. The fourth-order valence-electron chi connectivity index (χ4n) is 7.95. The van der Waals surface area contributed by atoms with Gasteiger partial charge in [-0.1, -0.05) is 45.9 Å². The van der Waals surface area contributed by atoms with Gasteiger partial charge in [0, 0.05) is 29.9 Å². The molecule has 4 N–H and O–H groups in total. The number of aromatic nitrogens is 2. The Morgan fingerprint density at radius 3 is 2.56 bits per heavy atom. The second-order valence-electron chi connectivity index (χ2n) is 14.9. The smallest absolute Gasteiger partial charge is 0.268 e. The maximum absolute atomic E-state index is 14.4. The van der Waals surface area contributed by atoms with Crippen molar-refractivity contribution in [3.05, 3.63) is 65.0 Å². The zero-order valence-corrected chi connectivity index (χ0v) is 29.2. The topological polar surface area (TPSA) is 153 Å². The second-order valence-corrected chi connectivity index (χ2v) is 15.9. The molecule has 7 rings (SSSR count). The summed E-state index contributed by atoms with van der Waals surface area (Å²) in [5.41, 5.74) is 1.06. The number of para-hydroxylation sites is 1. The van der Waals surface area contributed by atoms with Gasteiger partial charge in [0.05, 0.1) is 16.3 Å². The van der Waals surface area contributed by atoms with Crippen LogP contribution in [0.25, 0.3) is 21.1 Å². The van der Waals surface area contributed by atoms with Crippen LogP contribution in [0.5, 0.6) is 0 Å². The first-order valence-electron chi connectivity index (χ1n) is 17.2. The van der Waals surface area contributed by atoms with E-state index in [1.165, 1.54) is 23.5 Å². The predicted molar refractivity (Wildman–Crippen MR) is 187 cm³/mol. The summed E-state index contributed by atoms with van der Waals surface area (Å²) in [6.45, 7) is 8.85. The van der Waals surface area contributed by atoms with E-state index in [4.69, 9.17) is 0 Å². The van der Waals surface area contributed by atoms with Crippen molar-refractivity contribution in [2.75, 3.05) is 13.1 Å². The van der Waals surface area contributed by atoms with Crippen LogP contribution < -0.4 is 16.0 Å². The molecule has 1 saturated carbocycles. The summed E-state index contributed by atoms with van der Waals surface area (Å²) in [5, 5.41) is 9.16. The highest BCUT2D eigenvalue weighted by Crippen LogP contribution is 2.65. The third-order valence-electron chi connectivity index (χ3n) is 10.7. The summed E-state index contributed by atoms with van der Waals surface area (Å²) in [6, 6.07) is 10.5. The van der Waals surface area contributed by atoms with Crippen molar-refractivity contribution in [3.63, 3.8) is 0 Å². The molecule has 6 atom stereocenters. The molecule has 13 heteroatoms. The lowest BCUT2D eigenvalue weighted by molar-refractivity contribution is -0.142. The molecule has 1 aliphatic carbocycles. The van der Waals surface area contributed by atoms with Gasteiger partial charge in [-0.05, 0) is 72.8 Å². The van der Waals surface area contributed by atoms with Gasteiger partial charge in [-0.2, -0.15) is 0 Å². The Kier molecular flexibility index (Phi) is 8.73. The number of carbonyl (C=O) groups excluding carboxylic acids is 5. The number of amides is 4. The highest BCUT2D eigenvalue weighted by atomic mass is 32.1. The number of hydrogen-bond acceptors (Lipinski definition) is 7. The Hall–Kier alpha value is -4.65. The van der Waals surface area contributed by atoms with Crippen molar-refractivity contribution in [3.8, 4) is 0 Å². The van der Waals surface area contributed by atoms with Crippen LogP contribution in [-0.4, -0.2) is 75.5 Å². The molecule has 50 heavy (non-hydrogen) atoms. The maximum atomic E-state index is 14.4. The highest BCUT2D eigenvalue weighted by Gasteiger charge is 2.69. The van der Waals surface area contributed by atoms with E-state index in [1.54, 1.807) is 17.0 Å². The van der Waals surface area contributed by atoms with Crippen molar-refractivity contribution >= 4 is 61.9 Å². The number of nitrogens with one attached hydrogen (secondary N) is 4. The average molecular weight is 701 g/mol. The number of fused-ring (bicyclic) bond motifs is 3. The molecule has 4 heterocycles. The molecule has 0 spiro atoms. The van der Waals surface area contributed by atoms with Gasteiger partial charge in [-0.15, -0.1) is 11.3 Å². The first-order valence-corrected chi connectivity index (χ1v) is 18.0. The molecule has 0 radical (unpaired) electrons. The lowest BCUT2D eigenvalue weighted by Gasteiger charge is -2.34. The fraction of sp³-hybridized carbons (Fsp3) is 0.459. The van der Waals surface area contributed by atoms with E-state index in [2.05, 4.69) is 39.8 Å². The Labute approximate surface area is 292 Å². The van der Waals surface area contributed by atoms with Gasteiger partial charge >= 0.3 is 0 Å². The second kappa shape index (κ2) is 12.9. The van der Waals surface area contributed by atoms with Crippen LogP contribution in [0.4, 0.5) is 4.39 Å². The largest absolute Gasteiger partial charge is 0.356 e. The van der Waals surface area contributed by atoms with E-state index in [-0.39, 0.29) is 63.3 Å². The molecule has 2 aromatic heterocycles. The van der Waals surface area contributed by atoms with Gasteiger partial charge in [0.25, 0.3) is 5.91 Å². The van der Waals surface area contributed by atoms with Gasteiger partial charge in [0.2, 0.25) is 23.5 Å². The number of H-pyrrole nitrogens is 1. The van der Waals surface area contributed by atoms with Gasteiger partial charge in [-0.25, -0.2) is 9.37 Å². The number of halogens is 1. The summed E-state index contributed by atoms with van der Waals surface area (Å²) in [5.74, 6) is -2.91. The molecule has 0 bridgehead atoms. The molecule has 262 valence electrons. The Balaban J connectivity index is 1.14. The number of piperidine rings is 1. The number of hydrogen-bond donors (Lipinski definition) is 4. The number of nitrogens with zero attached hydrogens (tertiary/aromatic N) is 2. The van der Waals surface area contributed by atoms with Crippen LogP contribution in [0.15, 0.2) is 48.5 Å². The molecule has 2 saturated heterocycles.